The third-order valence-corrected chi connectivity index (χ3v) is 3.88. The highest BCUT2D eigenvalue weighted by Gasteiger charge is 2.18. The van der Waals surface area contributed by atoms with Gasteiger partial charge in [0.25, 0.3) is 5.91 Å². The molecule has 0 aliphatic heterocycles. The Kier molecular flexibility index (Phi) is 4.83. The number of carbonyl (C=O) groups is 1. The fourth-order valence-electron chi connectivity index (χ4n) is 2.64. The van der Waals surface area contributed by atoms with Gasteiger partial charge in [0.15, 0.2) is 5.75 Å². The molecule has 1 amide bonds. The highest BCUT2D eigenvalue weighted by molar-refractivity contribution is 5.95. The fourth-order valence-corrected chi connectivity index (χ4v) is 2.64. The van der Waals surface area contributed by atoms with E-state index in [9.17, 15) is 14.9 Å². The molecule has 0 bridgehead atoms. The molecular weight excluding hydrogens is 336 g/mol. The number of imidazole rings is 1. The molecule has 134 valence electrons. The van der Waals surface area contributed by atoms with Crippen molar-refractivity contribution in [2.24, 2.45) is 0 Å². The van der Waals surface area contributed by atoms with Gasteiger partial charge in [-0.3, -0.25) is 14.9 Å². The van der Waals surface area contributed by atoms with E-state index >= 15 is 0 Å². The predicted octanol–water partition coefficient (Wildman–Crippen LogP) is 2.88. The number of nitro groups is 1. The monoisotopic (exact) mass is 354 g/mol. The van der Waals surface area contributed by atoms with Gasteiger partial charge in [-0.2, -0.15) is 0 Å². The quantitative estimate of drug-likeness (QED) is 0.542. The molecule has 0 fully saturated rings. The van der Waals surface area contributed by atoms with Gasteiger partial charge in [-0.1, -0.05) is 6.07 Å². The number of fused-ring (bicyclic) bond motifs is 1. The van der Waals surface area contributed by atoms with Gasteiger partial charge >= 0.3 is 5.69 Å². The van der Waals surface area contributed by atoms with Crippen molar-refractivity contribution in [3.05, 3.63) is 69.7 Å². The molecule has 2 heterocycles. The SMILES string of the molecule is CCOc1ccc(C(=O)NCc2cn3cccc(C)c3n2)cc1[N+](=O)[O-]. The van der Waals surface area contributed by atoms with Crippen molar-refractivity contribution >= 4 is 17.2 Å². The van der Waals surface area contributed by atoms with Crippen LogP contribution in [0.1, 0.15) is 28.5 Å². The van der Waals surface area contributed by atoms with Gasteiger partial charge in [-0.25, -0.2) is 4.98 Å². The van der Waals surface area contributed by atoms with Crippen molar-refractivity contribution < 1.29 is 14.5 Å². The Morgan fingerprint density at radius 3 is 2.88 bits per heavy atom. The second-order valence-corrected chi connectivity index (χ2v) is 5.71. The summed E-state index contributed by atoms with van der Waals surface area (Å²) in [6.07, 6.45) is 3.72. The van der Waals surface area contributed by atoms with Crippen LogP contribution >= 0.6 is 0 Å². The largest absolute Gasteiger partial charge is 0.487 e. The average Bonchev–Trinajstić information content (AvgIpc) is 3.04. The third kappa shape index (κ3) is 3.49. The van der Waals surface area contributed by atoms with E-state index in [1.54, 1.807) is 6.92 Å². The maximum atomic E-state index is 12.3. The van der Waals surface area contributed by atoms with Gasteiger partial charge in [0.05, 0.1) is 23.8 Å². The smallest absolute Gasteiger partial charge is 0.311 e. The van der Waals surface area contributed by atoms with Gasteiger partial charge in [0.1, 0.15) is 5.65 Å². The van der Waals surface area contributed by atoms with E-state index in [0.717, 1.165) is 11.2 Å². The van der Waals surface area contributed by atoms with Crippen LogP contribution < -0.4 is 10.1 Å². The molecule has 0 spiro atoms. The van der Waals surface area contributed by atoms with E-state index in [4.69, 9.17) is 4.74 Å². The number of aromatic nitrogens is 2. The summed E-state index contributed by atoms with van der Waals surface area (Å²) >= 11 is 0. The van der Waals surface area contributed by atoms with Gasteiger partial charge in [-0.05, 0) is 37.6 Å². The molecule has 0 radical (unpaired) electrons. The lowest BCUT2D eigenvalue weighted by molar-refractivity contribution is -0.385. The van der Waals surface area contributed by atoms with E-state index in [1.807, 2.05) is 35.9 Å². The molecule has 26 heavy (non-hydrogen) atoms. The van der Waals surface area contributed by atoms with Crippen LogP contribution in [0.5, 0.6) is 5.75 Å². The van der Waals surface area contributed by atoms with Gasteiger partial charge < -0.3 is 14.5 Å². The highest BCUT2D eigenvalue weighted by atomic mass is 16.6. The van der Waals surface area contributed by atoms with E-state index in [-0.39, 0.29) is 23.5 Å². The van der Waals surface area contributed by atoms with Crippen LogP contribution in [-0.4, -0.2) is 26.8 Å². The molecule has 0 saturated carbocycles. The number of nitrogens with one attached hydrogen (secondary N) is 1. The molecule has 2 aromatic heterocycles. The topological polar surface area (TPSA) is 98.8 Å². The van der Waals surface area contributed by atoms with Gasteiger partial charge in [0, 0.05) is 24.0 Å². The number of benzene rings is 1. The molecule has 1 N–H and O–H groups in total. The molecular formula is C18H18N4O4. The summed E-state index contributed by atoms with van der Waals surface area (Å²) in [5.41, 5.74) is 2.52. The molecule has 0 saturated heterocycles. The highest BCUT2D eigenvalue weighted by Crippen LogP contribution is 2.28. The number of hydrogen-bond acceptors (Lipinski definition) is 5. The maximum absolute atomic E-state index is 12.3. The van der Waals surface area contributed by atoms with Crippen LogP contribution in [0.2, 0.25) is 0 Å². The first-order chi connectivity index (χ1) is 12.5. The first-order valence-corrected chi connectivity index (χ1v) is 8.12. The van der Waals surface area contributed by atoms with E-state index < -0.39 is 10.8 Å². The van der Waals surface area contributed by atoms with Crippen LogP contribution in [-0.2, 0) is 6.54 Å². The zero-order chi connectivity index (χ0) is 18.7. The summed E-state index contributed by atoms with van der Waals surface area (Å²) in [6.45, 7) is 4.23. The summed E-state index contributed by atoms with van der Waals surface area (Å²) in [7, 11) is 0. The Morgan fingerprint density at radius 2 is 2.19 bits per heavy atom. The van der Waals surface area contributed by atoms with Crippen molar-refractivity contribution in [1.82, 2.24) is 14.7 Å². The predicted molar refractivity (Wildman–Crippen MR) is 95.4 cm³/mol. The number of carbonyl (C=O) groups excluding carboxylic acids is 1. The Morgan fingerprint density at radius 1 is 1.38 bits per heavy atom. The molecule has 3 aromatic rings. The number of hydrogen-bond donors (Lipinski definition) is 1. The lowest BCUT2D eigenvalue weighted by atomic mass is 10.1. The second-order valence-electron chi connectivity index (χ2n) is 5.71. The molecule has 8 nitrogen and oxygen atoms in total. The summed E-state index contributed by atoms with van der Waals surface area (Å²) in [6, 6.07) is 8.04. The lowest BCUT2D eigenvalue weighted by Gasteiger charge is -2.07. The lowest BCUT2D eigenvalue weighted by Crippen LogP contribution is -2.23. The minimum atomic E-state index is -0.563. The van der Waals surface area contributed by atoms with Crippen LogP contribution in [0.25, 0.3) is 5.65 Å². The van der Waals surface area contributed by atoms with Gasteiger partial charge in [-0.15, -0.1) is 0 Å². The average molecular weight is 354 g/mol. The van der Waals surface area contributed by atoms with E-state index in [1.165, 1.54) is 18.2 Å². The third-order valence-electron chi connectivity index (χ3n) is 3.88. The number of aryl methyl sites for hydroxylation is 1. The molecule has 1 aromatic carbocycles. The molecule has 0 aliphatic rings. The zero-order valence-corrected chi connectivity index (χ0v) is 14.4. The van der Waals surface area contributed by atoms with Crippen molar-refractivity contribution in [3.63, 3.8) is 0 Å². The summed E-state index contributed by atoms with van der Waals surface area (Å²) in [5.74, 6) is -0.269. The van der Waals surface area contributed by atoms with E-state index in [2.05, 4.69) is 10.3 Å². The Balaban J connectivity index is 1.76. The number of pyridine rings is 1. The van der Waals surface area contributed by atoms with Crippen molar-refractivity contribution in [2.75, 3.05) is 6.61 Å². The Hall–Kier alpha value is -3.42. The fraction of sp³-hybridized carbons (Fsp3) is 0.222. The van der Waals surface area contributed by atoms with Crippen LogP contribution in [0.4, 0.5) is 5.69 Å². The van der Waals surface area contributed by atoms with Crippen molar-refractivity contribution in [2.45, 2.75) is 20.4 Å². The zero-order valence-electron chi connectivity index (χ0n) is 14.4. The number of ether oxygens (including phenoxy) is 1. The maximum Gasteiger partial charge on any atom is 0.311 e. The van der Waals surface area contributed by atoms with E-state index in [0.29, 0.717) is 12.3 Å². The van der Waals surface area contributed by atoms with Crippen LogP contribution in [0.3, 0.4) is 0 Å². The molecule has 8 heteroatoms. The molecule has 0 aliphatic carbocycles. The standard InChI is InChI=1S/C18H18N4O4/c1-3-26-16-7-6-13(9-15(16)22(24)25)18(23)19-10-14-11-21-8-4-5-12(2)17(21)20-14/h4-9,11H,3,10H2,1-2H3,(H,19,23). The normalized spacial score (nSPS) is 10.7. The van der Waals surface area contributed by atoms with Gasteiger partial charge in [0.2, 0.25) is 0 Å². The van der Waals surface area contributed by atoms with Crippen LogP contribution in [0, 0.1) is 17.0 Å². The van der Waals surface area contributed by atoms with Crippen LogP contribution in [0.15, 0.2) is 42.7 Å². The second kappa shape index (κ2) is 7.22. The number of nitro benzene ring substituents is 1. The van der Waals surface area contributed by atoms with Crippen molar-refractivity contribution in [3.8, 4) is 5.75 Å². The molecule has 0 unspecified atom stereocenters. The minimum absolute atomic E-state index is 0.143. The first kappa shape index (κ1) is 17.4. The summed E-state index contributed by atoms with van der Waals surface area (Å²) < 4.78 is 7.11. The van der Waals surface area contributed by atoms with Crippen molar-refractivity contribution in [1.29, 1.82) is 0 Å². The first-order valence-electron chi connectivity index (χ1n) is 8.12. The Bertz CT molecular complexity index is 980. The number of amides is 1. The number of nitrogens with zero attached hydrogens (tertiary/aromatic N) is 3. The molecule has 3 rings (SSSR count). The number of rotatable bonds is 6. The Labute approximate surface area is 149 Å². The minimum Gasteiger partial charge on any atom is -0.487 e. The summed E-state index contributed by atoms with van der Waals surface area (Å²) in [5, 5.41) is 13.9. The molecule has 0 atom stereocenters. The summed E-state index contributed by atoms with van der Waals surface area (Å²) in [4.78, 5) is 27.4.